The number of esters is 3. The van der Waals surface area contributed by atoms with Crippen LogP contribution < -0.4 is 0 Å². The summed E-state index contributed by atoms with van der Waals surface area (Å²) in [6.45, 7) is 11.3. The molecule has 0 aromatic rings. The summed E-state index contributed by atoms with van der Waals surface area (Å²) in [6, 6.07) is 0. The van der Waals surface area contributed by atoms with Gasteiger partial charge in [0.1, 0.15) is 30.0 Å². The molecular formula is C31H42O10. The number of hydrogen-bond donors (Lipinski definition) is 2. The normalized spacial score (nSPS) is 54.6. The van der Waals surface area contributed by atoms with Crippen molar-refractivity contribution in [3.05, 3.63) is 11.6 Å². The number of fused-ring (bicyclic) bond motifs is 2. The second-order valence-corrected chi connectivity index (χ2v) is 14.7. The van der Waals surface area contributed by atoms with Gasteiger partial charge < -0.3 is 33.9 Å². The highest BCUT2D eigenvalue weighted by Gasteiger charge is 2.80. The maximum atomic E-state index is 12.7. The van der Waals surface area contributed by atoms with Crippen LogP contribution in [-0.2, 0) is 38.1 Å². The fraction of sp³-hybridized carbons (Fsp3) is 0.839. The molecule has 4 aliphatic heterocycles. The van der Waals surface area contributed by atoms with Gasteiger partial charge in [-0.25, -0.2) is 9.59 Å². The molecule has 3 aliphatic carbocycles. The van der Waals surface area contributed by atoms with E-state index < -0.39 is 58.2 Å². The van der Waals surface area contributed by atoms with Crippen LogP contribution in [0.15, 0.2) is 11.6 Å². The van der Waals surface area contributed by atoms with Gasteiger partial charge in [-0.3, -0.25) is 4.79 Å². The Bertz CT molecular complexity index is 1240. The third kappa shape index (κ3) is 3.31. The highest BCUT2D eigenvalue weighted by Crippen LogP contribution is 2.73. The minimum atomic E-state index is -1.40. The largest absolute Gasteiger partial charge is 0.462 e. The maximum Gasteiger partial charge on any atom is 0.338 e. The number of carbonyl (C=O) groups excluding carboxylic acids is 3. The molecule has 226 valence electrons. The van der Waals surface area contributed by atoms with E-state index in [1.54, 1.807) is 6.92 Å². The molecule has 10 nitrogen and oxygen atoms in total. The van der Waals surface area contributed by atoms with Crippen LogP contribution in [0.2, 0.25) is 0 Å². The van der Waals surface area contributed by atoms with Crippen LogP contribution in [0.5, 0.6) is 0 Å². The van der Waals surface area contributed by atoms with Crippen molar-refractivity contribution in [3.63, 3.8) is 0 Å². The zero-order chi connectivity index (χ0) is 29.5. The van der Waals surface area contributed by atoms with E-state index in [0.717, 1.165) is 0 Å². The average molecular weight is 575 g/mol. The fourth-order valence-electron chi connectivity index (χ4n) is 11.0. The monoisotopic (exact) mass is 574 g/mol. The Kier molecular flexibility index (Phi) is 5.65. The maximum absolute atomic E-state index is 12.7. The van der Waals surface area contributed by atoms with Crippen molar-refractivity contribution < 1.29 is 48.3 Å². The predicted molar refractivity (Wildman–Crippen MR) is 141 cm³/mol. The van der Waals surface area contributed by atoms with Gasteiger partial charge in [0, 0.05) is 30.3 Å². The summed E-state index contributed by atoms with van der Waals surface area (Å²) < 4.78 is 31.2. The van der Waals surface area contributed by atoms with E-state index in [0.29, 0.717) is 37.7 Å². The lowest BCUT2D eigenvalue weighted by Crippen LogP contribution is -2.66. The van der Waals surface area contributed by atoms with Crippen molar-refractivity contribution in [3.8, 4) is 0 Å². The molecule has 7 rings (SSSR count). The molecule has 41 heavy (non-hydrogen) atoms. The molecule has 4 heterocycles. The Morgan fingerprint density at radius 2 is 1.80 bits per heavy atom. The molecule has 2 spiro atoms. The van der Waals surface area contributed by atoms with Crippen molar-refractivity contribution in [1.82, 2.24) is 0 Å². The number of rotatable bonds is 2. The molecule has 0 radical (unpaired) electrons. The molecule has 6 fully saturated rings. The second kappa shape index (κ2) is 8.33. The van der Waals surface area contributed by atoms with Gasteiger partial charge in [-0.15, -0.1) is 0 Å². The second-order valence-electron chi connectivity index (χ2n) is 14.7. The molecule has 3 saturated carbocycles. The fourth-order valence-corrected chi connectivity index (χ4v) is 11.0. The van der Waals surface area contributed by atoms with Gasteiger partial charge >= 0.3 is 17.9 Å². The van der Waals surface area contributed by atoms with Crippen molar-refractivity contribution in [2.75, 3.05) is 0 Å². The number of cyclic esters (lactones) is 1. The summed E-state index contributed by atoms with van der Waals surface area (Å²) in [7, 11) is 0. The summed E-state index contributed by atoms with van der Waals surface area (Å²) in [5, 5.41) is 23.5. The Hall–Kier alpha value is -2.01. The third-order valence-electron chi connectivity index (χ3n) is 12.5. The van der Waals surface area contributed by atoms with Crippen molar-refractivity contribution in [2.24, 2.45) is 29.1 Å². The van der Waals surface area contributed by atoms with E-state index in [1.165, 1.54) is 6.92 Å². The zero-order valence-corrected chi connectivity index (χ0v) is 24.7. The van der Waals surface area contributed by atoms with Gasteiger partial charge in [-0.2, -0.15) is 0 Å². The van der Waals surface area contributed by atoms with E-state index in [9.17, 15) is 24.6 Å². The summed E-state index contributed by atoms with van der Waals surface area (Å²) in [5.74, 6) is -1.95. The lowest BCUT2D eigenvalue weighted by molar-refractivity contribution is -0.255. The minimum Gasteiger partial charge on any atom is -0.462 e. The first-order valence-corrected chi connectivity index (χ1v) is 15.2. The molecule has 0 bridgehead atoms. The number of hydrogen-bond acceptors (Lipinski definition) is 10. The average Bonchev–Trinajstić information content (AvgIpc) is 3.52. The number of aliphatic hydroxyl groups is 2. The van der Waals surface area contributed by atoms with Gasteiger partial charge in [0.05, 0.1) is 16.8 Å². The van der Waals surface area contributed by atoms with Crippen LogP contribution in [0.4, 0.5) is 0 Å². The van der Waals surface area contributed by atoms with Gasteiger partial charge in [-0.1, -0.05) is 13.8 Å². The molecule has 0 aromatic carbocycles. The Morgan fingerprint density at radius 1 is 1.10 bits per heavy atom. The van der Waals surface area contributed by atoms with Crippen LogP contribution in [0.1, 0.15) is 80.1 Å². The summed E-state index contributed by atoms with van der Waals surface area (Å²) in [5.41, 5.74) is -4.01. The molecule has 0 amide bonds. The lowest BCUT2D eigenvalue weighted by atomic mass is 9.51. The molecular weight excluding hydrogens is 532 g/mol. The van der Waals surface area contributed by atoms with Crippen molar-refractivity contribution in [1.29, 1.82) is 0 Å². The van der Waals surface area contributed by atoms with E-state index in [1.807, 2.05) is 19.9 Å². The third-order valence-corrected chi connectivity index (χ3v) is 12.5. The minimum absolute atomic E-state index is 0.0208. The highest BCUT2D eigenvalue weighted by atomic mass is 16.6. The van der Waals surface area contributed by atoms with Crippen LogP contribution in [0, 0.1) is 29.1 Å². The summed E-state index contributed by atoms with van der Waals surface area (Å²) in [6.07, 6.45) is 1.06. The highest BCUT2D eigenvalue weighted by molar-refractivity contribution is 5.90. The first-order chi connectivity index (χ1) is 19.1. The molecule has 0 aromatic heterocycles. The van der Waals surface area contributed by atoms with Gasteiger partial charge in [0.25, 0.3) is 0 Å². The quantitative estimate of drug-likeness (QED) is 0.373. The molecule has 0 unspecified atom stereocenters. The smallest absolute Gasteiger partial charge is 0.338 e. The SMILES string of the molecule is CC(=O)O[C@H]1C[C@@H]2[C@H](C)[C@@H]([C@@H]3C=C(C)C(=O)O3)O[C@@]23CC[C@]2(O)C[C@]45OC(=O)[C@H](O)[C@H]4OC(C)(C)[C@@H]5CC[C@H]2[C@@]13C. The summed E-state index contributed by atoms with van der Waals surface area (Å²) in [4.78, 5) is 37.4. The first kappa shape index (κ1) is 27.8. The molecule has 3 saturated heterocycles. The van der Waals surface area contributed by atoms with E-state index in [4.69, 9.17) is 23.7 Å². The number of aliphatic hydroxyl groups excluding tert-OH is 1. The van der Waals surface area contributed by atoms with Gasteiger partial charge in [0.15, 0.2) is 6.10 Å². The van der Waals surface area contributed by atoms with Gasteiger partial charge in [0.2, 0.25) is 0 Å². The Labute approximate surface area is 240 Å². The number of ether oxygens (including phenoxy) is 5. The number of carbonyl (C=O) groups is 3. The molecule has 10 heteroatoms. The standard InChI is InChI=1S/C31H42O10/c1-14-11-18(38-25(14)34)23-15(2)17-12-21(37-16(3)32)28(6)20-8-7-19-27(4,5)40-24-22(33)26(35)41-30(19,24)13-29(20,36)9-10-31(17,28)39-23/h11,15,17-24,33,36H,7-10,12-13H2,1-6H3/t15-,17+,18-,19-,20-,21-,22+,23-,24+,28-,29-,30+,31-/m0/s1. The van der Waals surface area contributed by atoms with Gasteiger partial charge in [-0.05, 0) is 76.7 Å². The van der Waals surface area contributed by atoms with Crippen LogP contribution in [0.25, 0.3) is 0 Å². The predicted octanol–water partition coefficient (Wildman–Crippen LogP) is 2.36. The molecule has 13 atom stereocenters. The molecule has 7 aliphatic rings. The van der Waals surface area contributed by atoms with Crippen LogP contribution >= 0.6 is 0 Å². The topological polar surface area (TPSA) is 138 Å². The molecule has 2 N–H and O–H groups in total. The Balaban J connectivity index is 1.31. The Morgan fingerprint density at radius 3 is 2.46 bits per heavy atom. The first-order valence-electron chi connectivity index (χ1n) is 15.2. The summed E-state index contributed by atoms with van der Waals surface area (Å²) >= 11 is 0. The van der Waals surface area contributed by atoms with Crippen LogP contribution in [-0.4, -0.2) is 81.0 Å². The zero-order valence-electron chi connectivity index (χ0n) is 24.7. The van der Waals surface area contributed by atoms with E-state index >= 15 is 0 Å². The van der Waals surface area contributed by atoms with E-state index in [2.05, 4.69) is 13.8 Å². The van der Waals surface area contributed by atoms with Crippen LogP contribution in [0.3, 0.4) is 0 Å². The lowest BCUT2D eigenvalue weighted by Gasteiger charge is -2.59. The van der Waals surface area contributed by atoms with Crippen molar-refractivity contribution in [2.45, 2.75) is 133 Å². The van der Waals surface area contributed by atoms with Crippen molar-refractivity contribution >= 4 is 17.9 Å². The van der Waals surface area contributed by atoms with E-state index in [-0.39, 0.29) is 48.1 Å².